The van der Waals surface area contributed by atoms with Gasteiger partial charge in [-0.15, -0.1) is 24.5 Å². The van der Waals surface area contributed by atoms with Crippen LogP contribution in [0.15, 0.2) is 60.0 Å². The van der Waals surface area contributed by atoms with Gasteiger partial charge in [0, 0.05) is 36.7 Å². The molecule has 4 rings (SSSR count). The predicted octanol–water partition coefficient (Wildman–Crippen LogP) is 5.18. The molecule has 0 unspecified atom stereocenters. The molecule has 2 aromatic carbocycles. The average Bonchev–Trinajstić information content (AvgIpc) is 3.25. The number of thiazole rings is 1. The maximum Gasteiger partial charge on any atom is 0.573 e. The first kappa shape index (κ1) is 23.1. The zero-order chi connectivity index (χ0) is 23.3. The van der Waals surface area contributed by atoms with Gasteiger partial charge in [0.25, 0.3) is 5.91 Å². The third-order valence-electron chi connectivity index (χ3n) is 5.25. The van der Waals surface area contributed by atoms with Gasteiger partial charge in [-0.3, -0.25) is 9.69 Å². The average molecular weight is 477 g/mol. The molecule has 33 heavy (non-hydrogen) atoms. The second kappa shape index (κ2) is 10.2. The zero-order valence-electron chi connectivity index (χ0n) is 17.6. The molecule has 0 spiro atoms. The van der Waals surface area contributed by atoms with Gasteiger partial charge in [0.05, 0.1) is 0 Å². The molecule has 0 bridgehead atoms. The van der Waals surface area contributed by atoms with E-state index in [-0.39, 0.29) is 17.7 Å². The molecule has 1 saturated heterocycles. The van der Waals surface area contributed by atoms with Crippen molar-refractivity contribution in [2.45, 2.75) is 31.8 Å². The summed E-state index contributed by atoms with van der Waals surface area (Å²) in [5, 5.41) is 8.17. The predicted molar refractivity (Wildman–Crippen MR) is 121 cm³/mol. The second-order valence-corrected chi connectivity index (χ2v) is 8.60. The Morgan fingerprint density at radius 3 is 2.45 bits per heavy atom. The maximum atomic E-state index is 12.6. The number of hydrogen-bond donors (Lipinski definition) is 2. The highest BCUT2D eigenvalue weighted by Gasteiger charge is 2.31. The number of halogens is 3. The van der Waals surface area contributed by atoms with Gasteiger partial charge >= 0.3 is 6.36 Å². The van der Waals surface area contributed by atoms with E-state index in [9.17, 15) is 18.0 Å². The number of hydrogen-bond acceptors (Lipinski definition) is 6. The van der Waals surface area contributed by atoms with Crippen LogP contribution in [0.5, 0.6) is 5.75 Å². The quantitative estimate of drug-likeness (QED) is 0.492. The number of ether oxygens (including phenoxy) is 1. The number of likely N-dealkylation sites (tertiary alicyclic amines) is 1. The lowest BCUT2D eigenvalue weighted by Gasteiger charge is -2.32. The summed E-state index contributed by atoms with van der Waals surface area (Å²) in [4.78, 5) is 19.3. The number of nitrogens with zero attached hydrogens (tertiary/aromatic N) is 2. The number of aromatic nitrogens is 1. The Bertz CT molecular complexity index is 1050. The highest BCUT2D eigenvalue weighted by molar-refractivity contribution is 7.14. The lowest BCUT2D eigenvalue weighted by Crippen LogP contribution is -2.44. The minimum atomic E-state index is -4.73. The smallest absolute Gasteiger partial charge is 0.406 e. The van der Waals surface area contributed by atoms with Crippen LogP contribution >= 0.6 is 11.3 Å². The van der Waals surface area contributed by atoms with Crippen LogP contribution in [0, 0.1) is 0 Å². The number of benzene rings is 2. The molecule has 10 heteroatoms. The monoisotopic (exact) mass is 476 g/mol. The van der Waals surface area contributed by atoms with Gasteiger partial charge < -0.3 is 15.4 Å². The number of anilines is 2. The number of carbonyl (C=O) groups is 1. The fourth-order valence-corrected chi connectivity index (χ4v) is 4.35. The van der Waals surface area contributed by atoms with E-state index in [1.54, 1.807) is 5.38 Å². The molecule has 2 N–H and O–H groups in total. The fraction of sp³-hybridized carbons (Fsp3) is 0.304. The summed E-state index contributed by atoms with van der Waals surface area (Å²) in [6.07, 6.45) is -2.98. The molecule has 174 valence electrons. The van der Waals surface area contributed by atoms with E-state index in [1.807, 2.05) is 18.2 Å². The Hall–Kier alpha value is -3.11. The lowest BCUT2D eigenvalue weighted by molar-refractivity contribution is -0.274. The summed E-state index contributed by atoms with van der Waals surface area (Å²) in [6.45, 7) is 2.74. The molecule has 3 aromatic rings. The Labute approximate surface area is 193 Å². The Morgan fingerprint density at radius 1 is 1.09 bits per heavy atom. The molecule has 0 radical (unpaired) electrons. The van der Waals surface area contributed by atoms with E-state index in [4.69, 9.17) is 0 Å². The first-order valence-corrected chi connectivity index (χ1v) is 11.4. The summed E-state index contributed by atoms with van der Waals surface area (Å²) >= 11 is 1.25. The van der Waals surface area contributed by atoms with Crippen molar-refractivity contribution in [2.75, 3.05) is 18.4 Å². The molecule has 6 nitrogen and oxygen atoms in total. The standard InChI is InChI=1S/C23H23F3N4O2S/c24-23(25,26)32-19-8-6-17(7-9-19)28-22-29-20(15-33-22)21(31)27-18-10-12-30(13-11-18)14-16-4-2-1-3-5-16/h1-9,15,18H,10-14H2,(H,27,31)(H,28,29). The van der Waals surface area contributed by atoms with E-state index in [0.29, 0.717) is 16.5 Å². The van der Waals surface area contributed by atoms with Gasteiger partial charge in [-0.25, -0.2) is 4.98 Å². The van der Waals surface area contributed by atoms with E-state index in [2.05, 4.69) is 37.4 Å². The third-order valence-corrected chi connectivity index (χ3v) is 6.01. The lowest BCUT2D eigenvalue weighted by atomic mass is 10.0. The highest BCUT2D eigenvalue weighted by Crippen LogP contribution is 2.26. The minimum absolute atomic E-state index is 0.101. The van der Waals surface area contributed by atoms with Crippen molar-refractivity contribution in [3.8, 4) is 5.75 Å². The van der Waals surface area contributed by atoms with Crippen molar-refractivity contribution < 1.29 is 22.7 Å². The van der Waals surface area contributed by atoms with Gasteiger partial charge in [-0.2, -0.15) is 0 Å². The molecule has 1 aliphatic rings. The number of nitrogens with one attached hydrogen (secondary N) is 2. The van der Waals surface area contributed by atoms with Crippen LogP contribution in [-0.2, 0) is 6.54 Å². The van der Waals surface area contributed by atoms with E-state index < -0.39 is 6.36 Å². The molecule has 0 atom stereocenters. The third kappa shape index (κ3) is 6.93. The van der Waals surface area contributed by atoms with Gasteiger partial charge in [0.2, 0.25) is 0 Å². The molecular formula is C23H23F3N4O2S. The molecule has 1 aliphatic heterocycles. The van der Waals surface area contributed by atoms with E-state index in [1.165, 1.54) is 41.2 Å². The van der Waals surface area contributed by atoms with Crippen LogP contribution < -0.4 is 15.4 Å². The molecule has 2 heterocycles. The summed E-state index contributed by atoms with van der Waals surface area (Å²) in [5.41, 5.74) is 2.13. The van der Waals surface area contributed by atoms with Gasteiger partial charge in [-0.05, 0) is 42.7 Å². The van der Waals surface area contributed by atoms with Gasteiger partial charge in [-0.1, -0.05) is 30.3 Å². The Kier molecular flexibility index (Phi) is 7.14. The number of piperidine rings is 1. The first-order valence-electron chi connectivity index (χ1n) is 10.5. The van der Waals surface area contributed by atoms with Crippen LogP contribution in [0.1, 0.15) is 28.9 Å². The molecule has 1 aromatic heterocycles. The van der Waals surface area contributed by atoms with Crippen molar-refractivity contribution >= 4 is 28.1 Å². The zero-order valence-corrected chi connectivity index (χ0v) is 18.5. The summed E-state index contributed by atoms with van der Waals surface area (Å²) in [5.74, 6) is -0.531. The van der Waals surface area contributed by atoms with Crippen LogP contribution in [0.3, 0.4) is 0 Å². The maximum absolute atomic E-state index is 12.6. The van der Waals surface area contributed by atoms with Crippen molar-refractivity contribution in [1.82, 2.24) is 15.2 Å². The van der Waals surface area contributed by atoms with Crippen LogP contribution in [0.2, 0.25) is 0 Å². The van der Waals surface area contributed by atoms with E-state index in [0.717, 1.165) is 32.5 Å². The molecule has 0 saturated carbocycles. The van der Waals surface area contributed by atoms with Crippen LogP contribution in [-0.4, -0.2) is 41.3 Å². The first-order chi connectivity index (χ1) is 15.8. The van der Waals surface area contributed by atoms with Gasteiger partial charge in [0.15, 0.2) is 5.13 Å². The van der Waals surface area contributed by atoms with Crippen molar-refractivity contribution in [3.05, 3.63) is 71.2 Å². The summed E-state index contributed by atoms with van der Waals surface area (Å²) in [6, 6.07) is 15.7. The van der Waals surface area contributed by atoms with Crippen LogP contribution in [0.25, 0.3) is 0 Å². The topological polar surface area (TPSA) is 66.5 Å². The SMILES string of the molecule is O=C(NC1CCN(Cc2ccccc2)CC1)c1csc(Nc2ccc(OC(F)(F)F)cc2)n1. The minimum Gasteiger partial charge on any atom is -0.406 e. The Morgan fingerprint density at radius 2 is 1.79 bits per heavy atom. The summed E-state index contributed by atoms with van der Waals surface area (Å²) in [7, 11) is 0. The number of rotatable bonds is 7. The Balaban J connectivity index is 1.24. The summed E-state index contributed by atoms with van der Waals surface area (Å²) < 4.78 is 40.6. The van der Waals surface area contributed by atoms with Crippen molar-refractivity contribution in [2.24, 2.45) is 0 Å². The van der Waals surface area contributed by atoms with E-state index >= 15 is 0 Å². The molecule has 0 aliphatic carbocycles. The highest BCUT2D eigenvalue weighted by atomic mass is 32.1. The van der Waals surface area contributed by atoms with Crippen molar-refractivity contribution in [1.29, 1.82) is 0 Å². The second-order valence-electron chi connectivity index (χ2n) is 7.74. The molecular weight excluding hydrogens is 453 g/mol. The number of amides is 1. The van der Waals surface area contributed by atoms with Crippen LogP contribution in [0.4, 0.5) is 24.0 Å². The van der Waals surface area contributed by atoms with Gasteiger partial charge in [0.1, 0.15) is 11.4 Å². The molecule has 1 amide bonds. The fourth-order valence-electron chi connectivity index (χ4n) is 3.64. The number of alkyl halides is 3. The van der Waals surface area contributed by atoms with Crippen molar-refractivity contribution in [3.63, 3.8) is 0 Å². The number of carbonyl (C=O) groups excluding carboxylic acids is 1. The normalized spacial score (nSPS) is 15.2. The molecule has 1 fully saturated rings. The largest absolute Gasteiger partial charge is 0.573 e.